The molecule has 2 heterocycles. The van der Waals surface area contributed by atoms with E-state index in [1.165, 1.54) is 14.2 Å². The van der Waals surface area contributed by atoms with Crippen LogP contribution in [0.1, 0.15) is 22.6 Å². The Balaban J connectivity index is 1.75. The number of phenolic OH excluding ortho intramolecular Hbond substituents is 2. The first kappa shape index (κ1) is 17.8. The van der Waals surface area contributed by atoms with Crippen molar-refractivity contribution in [3.05, 3.63) is 34.9 Å². The van der Waals surface area contributed by atoms with E-state index in [2.05, 4.69) is 0 Å². The van der Waals surface area contributed by atoms with Gasteiger partial charge in [-0.2, -0.15) is 0 Å². The molecule has 0 bridgehead atoms. The number of hydrogen-bond acceptors (Lipinski definition) is 8. The smallest absolute Gasteiger partial charge is 0.310 e. The third-order valence-electron chi connectivity index (χ3n) is 6.02. The fraction of sp³-hybridized carbons (Fsp3) is 0.381. The lowest BCUT2D eigenvalue weighted by Gasteiger charge is -2.34. The van der Waals surface area contributed by atoms with E-state index in [0.29, 0.717) is 35.7 Å². The molecule has 3 atom stereocenters. The molecule has 8 heteroatoms. The zero-order valence-corrected chi connectivity index (χ0v) is 15.9. The summed E-state index contributed by atoms with van der Waals surface area (Å²) in [5, 5.41) is 21.1. The number of methoxy groups -OCH3 is 2. The Morgan fingerprint density at radius 1 is 1.00 bits per heavy atom. The van der Waals surface area contributed by atoms with Crippen molar-refractivity contribution in [1.82, 2.24) is 0 Å². The molecule has 2 aromatic rings. The van der Waals surface area contributed by atoms with Crippen LogP contribution in [0.3, 0.4) is 0 Å². The molecule has 0 aromatic heterocycles. The predicted molar refractivity (Wildman–Crippen MR) is 98.9 cm³/mol. The largest absolute Gasteiger partial charge is 0.504 e. The lowest BCUT2D eigenvalue weighted by Crippen LogP contribution is -2.31. The molecule has 5 rings (SSSR count). The van der Waals surface area contributed by atoms with Crippen LogP contribution in [-0.4, -0.2) is 43.8 Å². The summed E-state index contributed by atoms with van der Waals surface area (Å²) in [6.45, 7) is 0.325. The van der Waals surface area contributed by atoms with Crippen LogP contribution < -0.4 is 18.9 Å². The Morgan fingerprint density at radius 2 is 1.72 bits per heavy atom. The molecule has 0 amide bonds. The minimum Gasteiger partial charge on any atom is -0.504 e. The van der Waals surface area contributed by atoms with Crippen LogP contribution in [0.25, 0.3) is 0 Å². The van der Waals surface area contributed by atoms with Gasteiger partial charge in [-0.3, -0.25) is 4.79 Å². The van der Waals surface area contributed by atoms with Crippen molar-refractivity contribution in [3.63, 3.8) is 0 Å². The maximum Gasteiger partial charge on any atom is 0.310 e. The number of carbonyl (C=O) groups excluding carboxylic acids is 1. The fourth-order valence-electron chi connectivity index (χ4n) is 4.69. The maximum absolute atomic E-state index is 12.6. The second-order valence-electron chi connectivity index (χ2n) is 7.40. The SMILES string of the molecule is COc1cc([C@H]2c3cc4c(c(O)c3C[C@H]3COC(=O)[C@@H]32)OCO4)cc(OC)c1O. The van der Waals surface area contributed by atoms with E-state index in [1.807, 2.05) is 6.07 Å². The predicted octanol–water partition coefficient (Wildman–Crippen LogP) is 2.32. The van der Waals surface area contributed by atoms with E-state index in [9.17, 15) is 15.0 Å². The Labute approximate surface area is 166 Å². The fourth-order valence-corrected chi connectivity index (χ4v) is 4.69. The summed E-state index contributed by atoms with van der Waals surface area (Å²) >= 11 is 0. The molecule has 3 aliphatic rings. The van der Waals surface area contributed by atoms with E-state index in [0.717, 1.165) is 5.56 Å². The Kier molecular flexibility index (Phi) is 3.90. The summed E-state index contributed by atoms with van der Waals surface area (Å²) in [4.78, 5) is 12.6. The van der Waals surface area contributed by atoms with E-state index in [1.54, 1.807) is 12.1 Å². The standard InChI is InChI=1S/C21H20O8/c1-25-13-4-9(5-14(26-2)19(13)23)16-11-6-15-20(29-8-28-15)18(22)12(11)3-10-7-27-21(24)17(10)16/h4-6,10,16-17,22-23H,3,7-8H2,1-2H3/t10-,16-,17-/m0/s1. The third kappa shape index (κ3) is 2.48. The molecule has 0 saturated carbocycles. The van der Waals surface area contributed by atoms with Crippen LogP contribution in [0.2, 0.25) is 0 Å². The highest BCUT2D eigenvalue weighted by atomic mass is 16.7. The average molecular weight is 400 g/mol. The van der Waals surface area contributed by atoms with Gasteiger partial charge in [0.2, 0.25) is 18.3 Å². The molecule has 1 saturated heterocycles. The molecule has 1 fully saturated rings. The van der Waals surface area contributed by atoms with Gasteiger partial charge in [0.25, 0.3) is 0 Å². The number of aromatic hydroxyl groups is 2. The second kappa shape index (κ2) is 6.37. The zero-order chi connectivity index (χ0) is 20.3. The average Bonchev–Trinajstić information content (AvgIpc) is 3.34. The van der Waals surface area contributed by atoms with Gasteiger partial charge in [-0.05, 0) is 35.7 Å². The van der Waals surface area contributed by atoms with E-state index < -0.39 is 11.8 Å². The number of benzene rings is 2. The van der Waals surface area contributed by atoms with Crippen LogP contribution in [0.15, 0.2) is 18.2 Å². The zero-order valence-electron chi connectivity index (χ0n) is 15.9. The maximum atomic E-state index is 12.6. The van der Waals surface area contributed by atoms with Gasteiger partial charge in [0, 0.05) is 17.4 Å². The lowest BCUT2D eigenvalue weighted by atomic mass is 9.67. The number of cyclic esters (lactones) is 1. The minimum atomic E-state index is -0.429. The topological polar surface area (TPSA) is 104 Å². The van der Waals surface area contributed by atoms with Gasteiger partial charge in [0.05, 0.1) is 26.7 Å². The number of carbonyl (C=O) groups is 1. The van der Waals surface area contributed by atoms with E-state index in [-0.39, 0.29) is 41.7 Å². The molecule has 2 aliphatic heterocycles. The molecule has 2 aromatic carbocycles. The van der Waals surface area contributed by atoms with Gasteiger partial charge in [0.1, 0.15) is 0 Å². The summed E-state index contributed by atoms with van der Waals surface area (Å²) in [6.07, 6.45) is 0.497. The quantitative estimate of drug-likeness (QED) is 0.757. The number of hydrogen-bond donors (Lipinski definition) is 2. The van der Waals surface area contributed by atoms with Gasteiger partial charge < -0.3 is 33.9 Å². The summed E-state index contributed by atoms with van der Waals surface area (Å²) < 4.78 is 26.9. The molecule has 8 nitrogen and oxygen atoms in total. The van der Waals surface area contributed by atoms with Gasteiger partial charge >= 0.3 is 5.97 Å². The molecular formula is C21H20O8. The molecule has 0 unspecified atom stereocenters. The van der Waals surface area contributed by atoms with Crippen molar-refractivity contribution < 1.29 is 38.7 Å². The first-order valence-electron chi connectivity index (χ1n) is 9.29. The van der Waals surface area contributed by atoms with Crippen molar-refractivity contribution in [1.29, 1.82) is 0 Å². The number of phenols is 2. The first-order valence-corrected chi connectivity index (χ1v) is 9.29. The van der Waals surface area contributed by atoms with Crippen LogP contribution in [0, 0.1) is 11.8 Å². The normalized spacial score (nSPS) is 23.9. The second-order valence-corrected chi connectivity index (χ2v) is 7.40. The van der Waals surface area contributed by atoms with E-state index >= 15 is 0 Å². The Bertz CT molecular complexity index is 989. The molecule has 152 valence electrons. The minimum absolute atomic E-state index is 0.0339. The first-order chi connectivity index (χ1) is 14.0. The number of fused-ring (bicyclic) bond motifs is 3. The van der Waals surface area contributed by atoms with Gasteiger partial charge in [-0.1, -0.05) is 0 Å². The summed E-state index contributed by atoms with van der Waals surface area (Å²) in [5.74, 6) is -0.0708. The monoisotopic (exact) mass is 400 g/mol. The molecule has 29 heavy (non-hydrogen) atoms. The lowest BCUT2D eigenvalue weighted by molar-refractivity contribution is -0.141. The molecule has 0 spiro atoms. The van der Waals surface area contributed by atoms with Gasteiger partial charge in [-0.25, -0.2) is 0 Å². The highest BCUT2D eigenvalue weighted by Crippen LogP contribution is 2.55. The van der Waals surface area contributed by atoms with Crippen molar-refractivity contribution >= 4 is 5.97 Å². The number of ether oxygens (including phenoxy) is 5. The van der Waals surface area contributed by atoms with Crippen LogP contribution in [0.4, 0.5) is 0 Å². The summed E-state index contributed by atoms with van der Waals surface area (Å²) in [5.41, 5.74) is 2.19. The van der Waals surface area contributed by atoms with Crippen molar-refractivity contribution in [3.8, 4) is 34.5 Å². The summed E-state index contributed by atoms with van der Waals surface area (Å²) in [7, 11) is 2.90. The number of esters is 1. The van der Waals surface area contributed by atoms with Crippen LogP contribution >= 0.6 is 0 Å². The Morgan fingerprint density at radius 3 is 2.41 bits per heavy atom. The van der Waals surface area contributed by atoms with Gasteiger partial charge in [0.15, 0.2) is 23.0 Å². The highest BCUT2D eigenvalue weighted by Gasteiger charge is 2.49. The van der Waals surface area contributed by atoms with Crippen LogP contribution in [0.5, 0.6) is 34.5 Å². The molecule has 2 N–H and O–H groups in total. The van der Waals surface area contributed by atoms with Gasteiger partial charge in [-0.15, -0.1) is 0 Å². The van der Waals surface area contributed by atoms with Crippen molar-refractivity contribution in [2.75, 3.05) is 27.6 Å². The number of rotatable bonds is 3. The Hall–Kier alpha value is -3.29. The van der Waals surface area contributed by atoms with Crippen LogP contribution in [-0.2, 0) is 16.0 Å². The third-order valence-corrected chi connectivity index (χ3v) is 6.02. The highest BCUT2D eigenvalue weighted by molar-refractivity contribution is 5.79. The summed E-state index contributed by atoms with van der Waals surface area (Å²) in [6, 6.07) is 5.18. The molecular weight excluding hydrogens is 380 g/mol. The molecule has 1 aliphatic carbocycles. The van der Waals surface area contributed by atoms with Crippen molar-refractivity contribution in [2.45, 2.75) is 12.3 Å². The van der Waals surface area contributed by atoms with E-state index in [4.69, 9.17) is 23.7 Å². The van der Waals surface area contributed by atoms with Crippen molar-refractivity contribution in [2.24, 2.45) is 11.8 Å². The molecule has 0 radical (unpaired) electrons.